The number of benzene rings is 1. The van der Waals surface area contributed by atoms with Gasteiger partial charge in [-0.05, 0) is 51.5 Å². The zero-order chi connectivity index (χ0) is 14.7. The number of carbonyl (C=O) groups excluding carboxylic acids is 1. The zero-order valence-electron chi connectivity index (χ0n) is 11.0. The summed E-state index contributed by atoms with van der Waals surface area (Å²) in [5.41, 5.74) is 2.93. The van der Waals surface area contributed by atoms with Gasteiger partial charge in [-0.3, -0.25) is 4.79 Å². The largest absolute Gasteiger partial charge is 0.347 e. The summed E-state index contributed by atoms with van der Waals surface area (Å²) in [7, 11) is 0. The van der Waals surface area contributed by atoms with Crippen molar-refractivity contribution in [3.63, 3.8) is 0 Å². The number of hydrogen-bond donors (Lipinski definition) is 1. The van der Waals surface area contributed by atoms with Crippen LogP contribution >= 0.6 is 34.3 Å². The number of thiophene rings is 2. The Balaban J connectivity index is 1.66. The van der Waals surface area contributed by atoms with E-state index in [1.165, 1.54) is 11.1 Å². The van der Waals surface area contributed by atoms with Crippen LogP contribution in [0.4, 0.5) is 0 Å². The third-order valence-corrected chi connectivity index (χ3v) is 5.00. The molecule has 1 N–H and O–H groups in total. The Morgan fingerprint density at radius 3 is 2.76 bits per heavy atom. The topological polar surface area (TPSA) is 29.1 Å². The molecule has 0 aliphatic heterocycles. The van der Waals surface area contributed by atoms with Crippen molar-refractivity contribution in [1.82, 2.24) is 5.32 Å². The standard InChI is InChI=1S/C16H12ClNOS2/c17-15-4-2-1-3-14(15)16(19)18-8-13-7-12(10-21-13)11-5-6-20-9-11/h1-7,9-10H,8H2,(H,18,19). The first-order valence-electron chi connectivity index (χ1n) is 6.37. The van der Waals surface area contributed by atoms with Crippen molar-refractivity contribution >= 4 is 40.2 Å². The van der Waals surface area contributed by atoms with Gasteiger partial charge in [0.05, 0.1) is 17.1 Å². The van der Waals surface area contributed by atoms with E-state index in [1.54, 1.807) is 40.9 Å². The van der Waals surface area contributed by atoms with Gasteiger partial charge in [0.2, 0.25) is 0 Å². The molecule has 0 spiro atoms. The van der Waals surface area contributed by atoms with Crippen molar-refractivity contribution in [2.45, 2.75) is 6.54 Å². The van der Waals surface area contributed by atoms with Crippen molar-refractivity contribution in [3.8, 4) is 11.1 Å². The van der Waals surface area contributed by atoms with Gasteiger partial charge >= 0.3 is 0 Å². The molecule has 2 aromatic heterocycles. The lowest BCUT2D eigenvalue weighted by atomic mass is 10.2. The van der Waals surface area contributed by atoms with E-state index in [-0.39, 0.29) is 5.91 Å². The maximum Gasteiger partial charge on any atom is 0.253 e. The molecule has 0 saturated heterocycles. The molecular formula is C16H12ClNOS2. The van der Waals surface area contributed by atoms with Gasteiger partial charge < -0.3 is 5.32 Å². The van der Waals surface area contributed by atoms with E-state index >= 15 is 0 Å². The van der Waals surface area contributed by atoms with E-state index in [2.05, 4.69) is 33.6 Å². The molecule has 0 aliphatic carbocycles. The van der Waals surface area contributed by atoms with Gasteiger partial charge in [-0.2, -0.15) is 11.3 Å². The molecule has 0 unspecified atom stereocenters. The van der Waals surface area contributed by atoms with E-state index in [4.69, 9.17) is 11.6 Å². The summed E-state index contributed by atoms with van der Waals surface area (Å²) in [6, 6.07) is 11.3. The SMILES string of the molecule is O=C(NCc1cc(-c2ccsc2)cs1)c1ccccc1Cl. The van der Waals surface area contributed by atoms with Crippen LogP contribution in [0, 0.1) is 0 Å². The zero-order valence-corrected chi connectivity index (χ0v) is 13.4. The third kappa shape index (κ3) is 3.35. The molecule has 0 fully saturated rings. The van der Waals surface area contributed by atoms with Crippen LogP contribution < -0.4 is 5.32 Å². The normalized spacial score (nSPS) is 10.5. The Morgan fingerprint density at radius 2 is 2.00 bits per heavy atom. The lowest BCUT2D eigenvalue weighted by molar-refractivity contribution is 0.0951. The Morgan fingerprint density at radius 1 is 1.14 bits per heavy atom. The predicted molar refractivity (Wildman–Crippen MR) is 90.3 cm³/mol. The maximum atomic E-state index is 12.1. The first-order chi connectivity index (χ1) is 10.2. The van der Waals surface area contributed by atoms with E-state index in [0.717, 1.165) is 4.88 Å². The summed E-state index contributed by atoms with van der Waals surface area (Å²) in [5, 5.41) is 9.67. The minimum Gasteiger partial charge on any atom is -0.347 e. The van der Waals surface area contributed by atoms with Gasteiger partial charge in [-0.1, -0.05) is 23.7 Å². The fraction of sp³-hybridized carbons (Fsp3) is 0.0625. The first kappa shape index (κ1) is 14.3. The molecule has 5 heteroatoms. The molecule has 1 amide bonds. The van der Waals surface area contributed by atoms with Crippen molar-refractivity contribution in [1.29, 1.82) is 0 Å². The quantitative estimate of drug-likeness (QED) is 0.710. The Kier molecular flexibility index (Phi) is 4.39. The van der Waals surface area contributed by atoms with Gasteiger partial charge in [0.15, 0.2) is 0 Å². The van der Waals surface area contributed by atoms with Crippen LogP contribution in [0.1, 0.15) is 15.2 Å². The van der Waals surface area contributed by atoms with E-state index in [0.29, 0.717) is 17.1 Å². The third-order valence-electron chi connectivity index (χ3n) is 3.05. The summed E-state index contributed by atoms with van der Waals surface area (Å²) >= 11 is 9.34. The Labute approximate surface area is 136 Å². The molecule has 106 valence electrons. The van der Waals surface area contributed by atoms with Gasteiger partial charge in [0.1, 0.15) is 0 Å². The van der Waals surface area contributed by atoms with Crippen LogP contribution in [0.3, 0.4) is 0 Å². The molecule has 0 atom stereocenters. The molecule has 21 heavy (non-hydrogen) atoms. The van der Waals surface area contributed by atoms with Gasteiger partial charge in [-0.15, -0.1) is 11.3 Å². The average Bonchev–Trinajstić information content (AvgIpc) is 3.16. The minimum atomic E-state index is -0.147. The average molecular weight is 334 g/mol. The smallest absolute Gasteiger partial charge is 0.253 e. The Bertz CT molecular complexity index is 749. The molecule has 0 bridgehead atoms. The highest BCUT2D eigenvalue weighted by Gasteiger charge is 2.10. The second-order valence-corrected chi connectivity index (χ2v) is 6.66. The number of halogens is 1. The fourth-order valence-corrected chi connectivity index (χ4v) is 3.68. The summed E-state index contributed by atoms with van der Waals surface area (Å²) < 4.78 is 0. The van der Waals surface area contributed by atoms with Gasteiger partial charge in [-0.25, -0.2) is 0 Å². The minimum absolute atomic E-state index is 0.147. The molecule has 2 nitrogen and oxygen atoms in total. The van der Waals surface area contributed by atoms with Crippen molar-refractivity contribution in [2.24, 2.45) is 0 Å². The molecule has 1 aromatic carbocycles. The van der Waals surface area contributed by atoms with Gasteiger partial charge in [0.25, 0.3) is 5.91 Å². The summed E-state index contributed by atoms with van der Waals surface area (Å²) in [6.07, 6.45) is 0. The van der Waals surface area contributed by atoms with Crippen LogP contribution in [0.25, 0.3) is 11.1 Å². The predicted octanol–water partition coefficient (Wildman–Crippen LogP) is 5.06. The maximum absolute atomic E-state index is 12.1. The molecule has 0 saturated carbocycles. The van der Waals surface area contributed by atoms with Crippen LogP contribution in [-0.4, -0.2) is 5.91 Å². The summed E-state index contributed by atoms with van der Waals surface area (Å²) in [4.78, 5) is 13.2. The lowest BCUT2D eigenvalue weighted by Gasteiger charge is -2.05. The van der Waals surface area contributed by atoms with E-state index in [9.17, 15) is 4.79 Å². The second kappa shape index (κ2) is 6.43. The number of hydrogen-bond acceptors (Lipinski definition) is 3. The summed E-state index contributed by atoms with van der Waals surface area (Å²) in [5.74, 6) is -0.147. The summed E-state index contributed by atoms with van der Waals surface area (Å²) in [6.45, 7) is 0.513. The number of rotatable bonds is 4. The Hall–Kier alpha value is -1.62. The highest BCUT2D eigenvalue weighted by atomic mass is 35.5. The van der Waals surface area contributed by atoms with Crippen molar-refractivity contribution in [2.75, 3.05) is 0 Å². The van der Waals surface area contributed by atoms with Crippen molar-refractivity contribution < 1.29 is 4.79 Å². The molecule has 0 aliphatic rings. The number of amides is 1. The van der Waals surface area contributed by atoms with E-state index in [1.807, 2.05) is 6.07 Å². The molecule has 2 heterocycles. The van der Waals surface area contributed by atoms with Crippen molar-refractivity contribution in [3.05, 3.63) is 68.0 Å². The monoisotopic (exact) mass is 333 g/mol. The highest BCUT2D eigenvalue weighted by Crippen LogP contribution is 2.27. The molecule has 3 aromatic rings. The van der Waals surface area contributed by atoms with E-state index < -0.39 is 0 Å². The van der Waals surface area contributed by atoms with Crippen LogP contribution in [0.2, 0.25) is 5.02 Å². The fourth-order valence-electron chi connectivity index (χ4n) is 1.96. The van der Waals surface area contributed by atoms with Crippen LogP contribution in [0.5, 0.6) is 0 Å². The number of carbonyl (C=O) groups is 1. The molecule has 0 radical (unpaired) electrons. The lowest BCUT2D eigenvalue weighted by Crippen LogP contribution is -2.22. The van der Waals surface area contributed by atoms with Crippen LogP contribution in [-0.2, 0) is 6.54 Å². The molecular weight excluding hydrogens is 322 g/mol. The number of nitrogens with one attached hydrogen (secondary N) is 1. The van der Waals surface area contributed by atoms with Gasteiger partial charge in [0, 0.05) is 4.88 Å². The second-order valence-electron chi connectivity index (χ2n) is 4.48. The molecule has 3 rings (SSSR count). The first-order valence-corrected chi connectivity index (χ1v) is 8.57. The van der Waals surface area contributed by atoms with Crippen LogP contribution in [0.15, 0.2) is 52.5 Å². The highest BCUT2D eigenvalue weighted by molar-refractivity contribution is 7.10.